The lowest BCUT2D eigenvalue weighted by atomic mass is 9.77. The van der Waals surface area contributed by atoms with Crippen LogP contribution in [0.2, 0.25) is 0 Å². The molecule has 2 heterocycles. The molecule has 0 saturated carbocycles. The third-order valence-corrected chi connectivity index (χ3v) is 7.01. The van der Waals surface area contributed by atoms with E-state index in [1.165, 1.54) is 31.2 Å². The molecule has 4 atom stereocenters. The zero-order valence-electron chi connectivity index (χ0n) is 19.9. The van der Waals surface area contributed by atoms with E-state index in [0.29, 0.717) is 16.7 Å². The van der Waals surface area contributed by atoms with Gasteiger partial charge in [-0.3, -0.25) is 24.5 Å². The van der Waals surface area contributed by atoms with Crippen molar-refractivity contribution in [3.05, 3.63) is 65.2 Å². The lowest BCUT2D eigenvalue weighted by molar-refractivity contribution is -0.149. The summed E-state index contributed by atoms with van der Waals surface area (Å²) >= 11 is 0. The number of benzene rings is 2. The number of hydrogen-bond acceptors (Lipinski definition) is 7. The summed E-state index contributed by atoms with van der Waals surface area (Å²) in [4.78, 5) is 64.0. The van der Waals surface area contributed by atoms with Crippen LogP contribution in [0.15, 0.2) is 48.5 Å². The first-order valence-corrected chi connectivity index (χ1v) is 11.6. The molecule has 0 radical (unpaired) electrons. The van der Waals surface area contributed by atoms with Gasteiger partial charge in [-0.25, -0.2) is 9.69 Å². The number of imide groups is 1. The summed E-state index contributed by atoms with van der Waals surface area (Å²) in [6, 6.07) is 12.8. The molecule has 190 valence electrons. The number of carbonyl (C=O) groups is 5. The van der Waals surface area contributed by atoms with Gasteiger partial charge in [0.2, 0.25) is 11.8 Å². The number of nitrogens with one attached hydrogen (secondary N) is 2. The highest BCUT2D eigenvalue weighted by atomic mass is 16.4. The van der Waals surface area contributed by atoms with Gasteiger partial charge >= 0.3 is 12.0 Å². The zero-order chi connectivity index (χ0) is 26.9. The molecule has 2 fully saturated rings. The Balaban J connectivity index is 1.77. The van der Waals surface area contributed by atoms with E-state index in [9.17, 15) is 29.1 Å². The average Bonchev–Trinajstić information content (AvgIpc) is 3.36. The number of primary amides is 1. The first-order valence-electron chi connectivity index (χ1n) is 11.6. The van der Waals surface area contributed by atoms with Crippen molar-refractivity contribution in [1.82, 2.24) is 10.6 Å². The van der Waals surface area contributed by atoms with Gasteiger partial charge in [0, 0.05) is 18.2 Å². The standard InChI is InChI=1S/C26H25N5O6/c1-14(32)16-7-9-18(10-8-16)31-22(33)19-20(23(31)34)26(24(35)36,11-2-12-29-25(28)37)30-21(19)17-5-3-15(13-27)4-6-17/h3-10,19-21,30H,2,11-12H2,1H3,(H,35,36)(H3,28,29,37). The molecule has 37 heavy (non-hydrogen) atoms. The number of anilines is 1. The molecule has 2 aromatic rings. The second-order valence-electron chi connectivity index (χ2n) is 9.15. The van der Waals surface area contributed by atoms with Crippen LogP contribution in [-0.4, -0.2) is 46.8 Å². The number of nitrogens with zero attached hydrogens (tertiary/aromatic N) is 2. The Labute approximate surface area is 212 Å². The number of urea groups is 1. The van der Waals surface area contributed by atoms with Crippen molar-refractivity contribution in [3.8, 4) is 6.07 Å². The van der Waals surface area contributed by atoms with Gasteiger partial charge in [0.1, 0.15) is 5.54 Å². The lowest BCUT2D eigenvalue weighted by Crippen LogP contribution is -2.56. The zero-order valence-corrected chi connectivity index (χ0v) is 19.9. The van der Waals surface area contributed by atoms with Crippen LogP contribution in [0.25, 0.3) is 0 Å². The Morgan fingerprint density at radius 2 is 1.76 bits per heavy atom. The monoisotopic (exact) mass is 503 g/mol. The molecular formula is C26H25N5O6. The number of nitrogens with two attached hydrogens (primary N) is 1. The fourth-order valence-corrected chi connectivity index (χ4v) is 5.27. The van der Waals surface area contributed by atoms with Crippen molar-refractivity contribution < 1.29 is 29.1 Å². The van der Waals surface area contributed by atoms with Crippen molar-refractivity contribution in [3.63, 3.8) is 0 Å². The molecule has 4 rings (SSSR count). The summed E-state index contributed by atoms with van der Waals surface area (Å²) in [6.07, 6.45) is 0.118. The predicted octanol–water partition coefficient (Wildman–Crippen LogP) is 1.48. The SMILES string of the molecule is CC(=O)c1ccc(N2C(=O)C3C(c4ccc(C#N)cc4)NC(CCCNC(N)=O)(C(=O)O)C3C2=O)cc1. The summed E-state index contributed by atoms with van der Waals surface area (Å²) in [5.41, 5.74) is 4.90. The minimum atomic E-state index is -1.80. The number of rotatable bonds is 8. The summed E-state index contributed by atoms with van der Waals surface area (Å²) in [5, 5.41) is 25.0. The van der Waals surface area contributed by atoms with E-state index in [4.69, 9.17) is 11.0 Å². The van der Waals surface area contributed by atoms with Gasteiger partial charge in [-0.2, -0.15) is 5.26 Å². The van der Waals surface area contributed by atoms with E-state index in [-0.39, 0.29) is 30.9 Å². The van der Waals surface area contributed by atoms with Crippen molar-refractivity contribution in [1.29, 1.82) is 5.26 Å². The molecular weight excluding hydrogens is 478 g/mol. The quantitative estimate of drug-likeness (QED) is 0.237. The van der Waals surface area contributed by atoms with Gasteiger partial charge in [-0.15, -0.1) is 0 Å². The number of hydrogen-bond donors (Lipinski definition) is 4. The van der Waals surface area contributed by atoms with Crippen LogP contribution in [0.4, 0.5) is 10.5 Å². The molecule has 2 aliphatic rings. The van der Waals surface area contributed by atoms with E-state index in [2.05, 4.69) is 10.6 Å². The van der Waals surface area contributed by atoms with Crippen LogP contribution >= 0.6 is 0 Å². The van der Waals surface area contributed by atoms with Crippen LogP contribution < -0.4 is 21.3 Å². The molecule has 4 amide bonds. The summed E-state index contributed by atoms with van der Waals surface area (Å²) in [6.45, 7) is 1.48. The highest BCUT2D eigenvalue weighted by Crippen LogP contribution is 2.51. The van der Waals surface area contributed by atoms with Gasteiger partial charge in [-0.1, -0.05) is 12.1 Å². The normalized spacial score (nSPS) is 24.4. The Morgan fingerprint density at radius 1 is 1.11 bits per heavy atom. The van der Waals surface area contributed by atoms with Crippen LogP contribution in [-0.2, 0) is 14.4 Å². The molecule has 2 aromatic carbocycles. The van der Waals surface area contributed by atoms with Gasteiger partial charge in [0.15, 0.2) is 5.78 Å². The third-order valence-electron chi connectivity index (χ3n) is 7.01. The third kappa shape index (κ3) is 4.43. The van der Waals surface area contributed by atoms with Crippen LogP contribution in [0.5, 0.6) is 0 Å². The van der Waals surface area contributed by atoms with E-state index in [1.54, 1.807) is 24.3 Å². The second-order valence-corrected chi connectivity index (χ2v) is 9.15. The number of carboxylic acids is 1. The maximum Gasteiger partial charge on any atom is 0.324 e. The first kappa shape index (κ1) is 25.5. The summed E-state index contributed by atoms with van der Waals surface area (Å²) < 4.78 is 0. The summed E-state index contributed by atoms with van der Waals surface area (Å²) in [5.74, 6) is -4.98. The Bertz CT molecular complexity index is 1320. The number of fused-ring (bicyclic) bond motifs is 1. The molecule has 0 aliphatic carbocycles. The smallest absolute Gasteiger partial charge is 0.324 e. The lowest BCUT2D eigenvalue weighted by Gasteiger charge is -2.31. The number of nitriles is 1. The van der Waals surface area contributed by atoms with E-state index in [1.807, 2.05) is 6.07 Å². The topological polar surface area (TPSA) is 183 Å². The van der Waals surface area contributed by atoms with Gasteiger partial charge in [-0.05, 0) is 61.7 Å². The highest BCUT2D eigenvalue weighted by Gasteiger charge is 2.68. The average molecular weight is 504 g/mol. The molecule has 2 aliphatic heterocycles. The van der Waals surface area contributed by atoms with Crippen molar-refractivity contribution in [2.24, 2.45) is 17.6 Å². The largest absolute Gasteiger partial charge is 0.480 e. The minimum Gasteiger partial charge on any atom is -0.480 e. The van der Waals surface area contributed by atoms with E-state index < -0.39 is 47.2 Å². The number of aliphatic carboxylic acids is 1. The minimum absolute atomic E-state index is 0.0628. The van der Waals surface area contributed by atoms with Crippen molar-refractivity contribution >= 4 is 35.3 Å². The van der Waals surface area contributed by atoms with Crippen LogP contribution in [0.3, 0.4) is 0 Å². The molecule has 11 heteroatoms. The predicted molar refractivity (Wildman–Crippen MR) is 130 cm³/mol. The first-order chi connectivity index (χ1) is 17.6. The molecule has 0 bridgehead atoms. The highest BCUT2D eigenvalue weighted by molar-refractivity contribution is 6.24. The number of Topliss-reactive ketones (excluding diaryl/α,β-unsaturated/α-hetero) is 1. The molecule has 0 aromatic heterocycles. The van der Waals surface area contributed by atoms with Crippen molar-refractivity contribution in [2.45, 2.75) is 31.3 Å². The molecule has 2 saturated heterocycles. The Morgan fingerprint density at radius 3 is 2.30 bits per heavy atom. The Hall–Kier alpha value is -4.56. The fourth-order valence-electron chi connectivity index (χ4n) is 5.27. The number of carbonyl (C=O) groups excluding carboxylic acids is 4. The van der Waals surface area contributed by atoms with Crippen LogP contribution in [0.1, 0.15) is 47.3 Å². The fraction of sp³-hybridized carbons (Fsp3) is 0.308. The van der Waals surface area contributed by atoms with Gasteiger partial charge in [0.25, 0.3) is 0 Å². The molecule has 0 spiro atoms. The second kappa shape index (κ2) is 9.83. The number of amides is 4. The maximum atomic E-state index is 13.8. The molecule has 5 N–H and O–H groups in total. The number of carboxylic acid groups (broad SMARTS) is 1. The Kier molecular flexibility index (Phi) is 6.78. The van der Waals surface area contributed by atoms with Crippen LogP contribution in [0, 0.1) is 23.2 Å². The number of ketones is 1. The van der Waals surface area contributed by atoms with Gasteiger partial charge in [0.05, 0.1) is 29.2 Å². The molecule has 4 unspecified atom stereocenters. The van der Waals surface area contributed by atoms with Crippen molar-refractivity contribution in [2.75, 3.05) is 11.4 Å². The molecule has 11 nitrogen and oxygen atoms in total. The van der Waals surface area contributed by atoms with E-state index in [0.717, 1.165) is 4.90 Å². The van der Waals surface area contributed by atoms with Gasteiger partial charge < -0.3 is 16.2 Å². The maximum absolute atomic E-state index is 13.8. The summed E-state index contributed by atoms with van der Waals surface area (Å²) in [7, 11) is 0. The van der Waals surface area contributed by atoms with E-state index >= 15 is 0 Å².